The summed E-state index contributed by atoms with van der Waals surface area (Å²) in [5, 5.41) is 103. The van der Waals surface area contributed by atoms with E-state index in [4.69, 9.17) is 34.4 Å². The molecule has 0 spiro atoms. The van der Waals surface area contributed by atoms with Crippen LogP contribution >= 0.6 is 0 Å². The number of aliphatic carboxylic acids is 2. The van der Waals surface area contributed by atoms with Gasteiger partial charge < -0.3 is 166 Å². The molecule has 54 nitrogen and oxygen atoms in total. The summed E-state index contributed by atoms with van der Waals surface area (Å²) in [6.45, 7) is 17.2. The molecule has 0 saturated carbocycles. The normalized spacial score (nSPS) is 16.2. The molecule has 1 heterocycles. The molecule has 1 saturated heterocycles. The third kappa shape index (κ3) is 47.8. The highest BCUT2D eigenvalue weighted by atomic mass is 16.4. The summed E-state index contributed by atoms with van der Waals surface area (Å²) >= 11 is 0. The number of primary amides is 2. The number of unbranched alkanes of at least 4 members (excludes halogenated alkanes) is 3. The van der Waals surface area contributed by atoms with Gasteiger partial charge in [0.25, 0.3) is 0 Å². The molecule has 36 N–H and O–H groups in total. The van der Waals surface area contributed by atoms with Crippen LogP contribution in [0.5, 0.6) is 0 Å². The van der Waals surface area contributed by atoms with Crippen molar-refractivity contribution < 1.29 is 141 Å². The second-order valence-corrected chi connectivity index (χ2v) is 37.8. The lowest BCUT2D eigenvalue weighted by Gasteiger charge is -2.31. The van der Waals surface area contributed by atoms with Gasteiger partial charge in [-0.1, -0.05) is 83.1 Å². The molecular weight excluding hydrogens is 1900 g/mol. The zero-order valence-corrected chi connectivity index (χ0v) is 84.7. The Hall–Kier alpha value is -12.5. The Kier molecular flexibility index (Phi) is 60.4. The first-order valence-corrected chi connectivity index (χ1v) is 48.5. The maximum absolute atomic E-state index is 14.7. The van der Waals surface area contributed by atoms with Crippen LogP contribution in [-0.2, 0) is 110 Å². The van der Waals surface area contributed by atoms with Crippen LogP contribution in [0.2, 0.25) is 0 Å². The zero-order valence-electron chi connectivity index (χ0n) is 84.7. The van der Waals surface area contributed by atoms with E-state index in [1.807, 2.05) is 0 Å². The molecule has 19 atom stereocenters. The molecular formula is C90H159N25O29. The molecule has 0 aliphatic carbocycles. The average Bonchev–Trinajstić information content (AvgIpc) is 1.67. The molecule has 818 valence electrons. The van der Waals surface area contributed by atoms with E-state index in [0.717, 1.165) is 6.92 Å². The van der Waals surface area contributed by atoms with Gasteiger partial charge in [0, 0.05) is 25.8 Å². The number of aliphatic hydroxyl groups is 4. The van der Waals surface area contributed by atoms with E-state index in [2.05, 4.69) is 95.7 Å². The van der Waals surface area contributed by atoms with Crippen LogP contribution in [0.3, 0.4) is 0 Å². The predicted octanol–water partition coefficient (Wildman–Crippen LogP) is -10.7. The van der Waals surface area contributed by atoms with Gasteiger partial charge in [-0.25, -0.2) is 4.79 Å². The third-order valence-corrected chi connectivity index (χ3v) is 23.0. The average molecular weight is 2060 g/mol. The fourth-order valence-corrected chi connectivity index (χ4v) is 14.6. The maximum Gasteiger partial charge on any atom is 0.328 e. The maximum atomic E-state index is 14.7. The monoisotopic (exact) mass is 2050 g/mol. The number of amides is 21. The topological polar surface area (TPSA) is 890 Å². The summed E-state index contributed by atoms with van der Waals surface area (Å²) in [6, 6.07) is -27.6. The number of likely N-dealkylation sites (tertiary alicyclic amines) is 1. The zero-order chi connectivity index (χ0) is 110. The fourth-order valence-electron chi connectivity index (χ4n) is 14.6. The molecule has 0 unspecified atom stereocenters. The van der Waals surface area contributed by atoms with Crippen molar-refractivity contribution in [1.29, 1.82) is 0 Å². The van der Waals surface area contributed by atoms with E-state index in [1.165, 1.54) is 53.4 Å². The van der Waals surface area contributed by atoms with Crippen molar-refractivity contribution in [2.75, 3.05) is 59.1 Å². The van der Waals surface area contributed by atoms with Gasteiger partial charge in [0.05, 0.1) is 45.1 Å². The molecule has 0 aromatic rings. The number of hydrogen-bond donors (Lipinski definition) is 30. The molecule has 1 fully saturated rings. The minimum absolute atomic E-state index is 0.0120. The van der Waals surface area contributed by atoms with E-state index in [1.54, 1.807) is 41.5 Å². The first kappa shape index (κ1) is 129. The molecule has 144 heavy (non-hydrogen) atoms. The van der Waals surface area contributed by atoms with Gasteiger partial charge in [-0.05, 0) is 172 Å². The van der Waals surface area contributed by atoms with Crippen LogP contribution < -0.4 is 130 Å². The summed E-state index contributed by atoms with van der Waals surface area (Å²) in [5.74, 6) is -27.2. The van der Waals surface area contributed by atoms with E-state index >= 15 is 0 Å². The third-order valence-electron chi connectivity index (χ3n) is 23.0. The number of nitrogens with two attached hydrogens (primary N) is 6. The number of nitrogens with one attached hydrogen (secondary N) is 18. The predicted molar refractivity (Wildman–Crippen MR) is 517 cm³/mol. The second-order valence-electron chi connectivity index (χ2n) is 37.8. The molecule has 0 aromatic carbocycles. The van der Waals surface area contributed by atoms with Crippen molar-refractivity contribution in [3.05, 3.63) is 0 Å². The molecule has 0 aromatic heterocycles. The van der Waals surface area contributed by atoms with Crippen molar-refractivity contribution >= 4 is 136 Å². The van der Waals surface area contributed by atoms with Crippen LogP contribution in [0.25, 0.3) is 0 Å². The van der Waals surface area contributed by atoms with Crippen molar-refractivity contribution in [3.63, 3.8) is 0 Å². The Balaban J connectivity index is 3.37. The van der Waals surface area contributed by atoms with E-state index < -0.39 is 340 Å². The van der Waals surface area contributed by atoms with Gasteiger partial charge in [0.2, 0.25) is 124 Å². The number of carboxylic acids is 2. The molecule has 0 radical (unpaired) electrons. The second kappa shape index (κ2) is 67.2. The number of carbonyl (C=O) groups excluding carboxylic acids is 21. The largest absolute Gasteiger partial charge is 0.481 e. The van der Waals surface area contributed by atoms with Crippen LogP contribution in [0.4, 0.5) is 0 Å². The summed E-state index contributed by atoms with van der Waals surface area (Å²) in [6.07, 6.45) is -3.04. The fraction of sp³-hybridized carbons (Fsp3) is 0.744. The summed E-state index contributed by atoms with van der Waals surface area (Å²) in [5.41, 5.74) is 34.1. The Bertz CT molecular complexity index is 4290. The molecule has 1 rings (SSSR count). The van der Waals surface area contributed by atoms with E-state index in [9.17, 15) is 141 Å². The van der Waals surface area contributed by atoms with Gasteiger partial charge >= 0.3 is 11.9 Å². The SMILES string of the molecule is CC(C)C[C@H](NC(=O)[C@H](CCCCN)NC(=O)[C@@H](NC(=O)[C@H](CO)NC(=O)[C@H](C)NC(=O)CNC(=O)[C@@H]1CCCN1C(=O)[C@H](CCCCN)NC(=O)[C@@H](NC(=O)[C@@H](NC(=O)[C@H](CCC(=O)O)NC(=O)[C@@H](NC(=O)CNC(=O)[C@H](CO)NC(=O)[C@H](CCC(N)=O)NC(=O)[C@H](CCC(N)=O)NC(=O)[C@H](CC(C)C)NC(=O)[C@H](CCCCN)NC(=O)[C@@H](N)C(C)C)[C@@H](C)O)C(C)C)C(C)C)C(C)C)C(=O)N[C@@H](CO)C(=O)O. The molecule has 54 heteroatoms. The minimum Gasteiger partial charge on any atom is -0.481 e. The first-order chi connectivity index (χ1) is 67.4. The molecule has 1 aliphatic heterocycles. The van der Waals surface area contributed by atoms with Crippen LogP contribution in [0.1, 0.15) is 219 Å². The van der Waals surface area contributed by atoms with Crippen molar-refractivity contribution in [2.45, 2.75) is 334 Å². The van der Waals surface area contributed by atoms with Crippen LogP contribution in [0.15, 0.2) is 0 Å². The van der Waals surface area contributed by atoms with Gasteiger partial charge in [-0.3, -0.25) is 105 Å². The van der Waals surface area contributed by atoms with Crippen LogP contribution in [-0.4, -0.2) is 345 Å². The van der Waals surface area contributed by atoms with Crippen molar-refractivity contribution in [1.82, 2.24) is 101 Å². The van der Waals surface area contributed by atoms with Crippen molar-refractivity contribution in [3.8, 4) is 0 Å². The lowest BCUT2D eigenvalue weighted by atomic mass is 9.98. The lowest BCUT2D eigenvalue weighted by Crippen LogP contribution is -2.62. The summed E-state index contributed by atoms with van der Waals surface area (Å²) in [4.78, 5) is 313. The molecule has 0 bridgehead atoms. The lowest BCUT2D eigenvalue weighted by molar-refractivity contribution is -0.143. The number of carbonyl (C=O) groups is 23. The summed E-state index contributed by atoms with van der Waals surface area (Å²) < 4.78 is 0. The standard InChI is InChI=1S/C90H159N25O29/c1-43(2)36-57(106-75(128)51(22-15-18-32-91)102-84(137)68(96)45(5)6)80(133)101-53(26-29-63(94)120)77(130)100-54(27-30-64(95)121)78(131)109-59(40-116)74(127)97-39-66(123)111-72(50(14)119)88(141)104-55(28-31-67(124)125)79(132)112-71(48(11)12)87(140)114-70(47(9)10)86(139)105-56(24-17-20-34-93)89(142)115-35-21-25-62(115)83(136)98-38-65(122)99-49(13)73(126)108-60(41-117)82(135)113-69(46(7)8)85(138)103-52(23-16-19-33-92)76(129)107-58(37-44(3)4)81(134)110-61(42-118)90(143)144/h43-62,68-72,116-119H,15-42,91-93,96H2,1-14H3,(H2,94,120)(H2,95,121)(H,97,127)(H,98,136)(H,99,122)(H,100,130)(H,101,133)(H,102,137)(H,103,138)(H,104,141)(H,105,139)(H,106,128)(H,107,129)(H,108,126)(H,109,131)(H,110,134)(H,111,123)(H,112,132)(H,113,135)(H,114,140)(H,124,125)(H,143,144)/t49-,50+,51-,52-,53-,54-,55-,56-,57-,58-,59-,60-,61-,62-,68-,69-,70-,71-,72-/m0/s1. The number of carboxylic acid groups (broad SMARTS) is 2. The van der Waals surface area contributed by atoms with Gasteiger partial charge in [-0.15, -0.1) is 0 Å². The highest BCUT2D eigenvalue weighted by Gasteiger charge is 2.43. The minimum atomic E-state index is -2.01. The van der Waals surface area contributed by atoms with E-state index in [0.29, 0.717) is 32.1 Å². The first-order valence-electron chi connectivity index (χ1n) is 48.5. The van der Waals surface area contributed by atoms with Gasteiger partial charge in [0.15, 0.2) is 0 Å². The van der Waals surface area contributed by atoms with Crippen LogP contribution in [0, 0.1) is 35.5 Å². The van der Waals surface area contributed by atoms with Gasteiger partial charge in [0.1, 0.15) is 103 Å². The quantitative estimate of drug-likeness (QED) is 0.0251. The van der Waals surface area contributed by atoms with Crippen molar-refractivity contribution in [2.24, 2.45) is 69.9 Å². The highest BCUT2D eigenvalue weighted by Crippen LogP contribution is 2.22. The van der Waals surface area contributed by atoms with E-state index in [-0.39, 0.29) is 95.3 Å². The van der Waals surface area contributed by atoms with Gasteiger partial charge in [-0.2, -0.15) is 0 Å². The number of nitrogens with zero attached hydrogens (tertiary/aromatic N) is 1. The molecule has 1 aliphatic rings. The Labute approximate surface area is 836 Å². The smallest absolute Gasteiger partial charge is 0.328 e. The Morgan fingerprint density at radius 3 is 1.02 bits per heavy atom. The molecule has 21 amide bonds. The number of aliphatic hydroxyl groups excluding tert-OH is 4. The summed E-state index contributed by atoms with van der Waals surface area (Å²) in [7, 11) is 0. The number of hydrogen-bond acceptors (Lipinski definition) is 31. The Morgan fingerprint density at radius 2 is 0.639 bits per heavy atom. The number of rotatable bonds is 71. The highest BCUT2D eigenvalue weighted by molar-refractivity contribution is 6.02. The Morgan fingerprint density at radius 1 is 0.326 bits per heavy atom.